The third-order valence-corrected chi connectivity index (χ3v) is 5.85. The van der Waals surface area contributed by atoms with E-state index in [4.69, 9.17) is 0 Å². The van der Waals surface area contributed by atoms with Crippen LogP contribution in [0.4, 0.5) is 0 Å². The van der Waals surface area contributed by atoms with E-state index in [0.29, 0.717) is 29.5 Å². The van der Waals surface area contributed by atoms with Gasteiger partial charge in [-0.05, 0) is 59.6 Å². The Morgan fingerprint density at radius 3 is 1.66 bits per heavy atom. The topological polar surface area (TPSA) is 112 Å². The second-order valence-electron chi connectivity index (χ2n) is 7.68. The molecule has 0 bridgehead atoms. The van der Waals surface area contributed by atoms with Gasteiger partial charge in [-0.25, -0.2) is 14.4 Å². The first-order valence-corrected chi connectivity index (χ1v) is 10.3. The molecule has 0 saturated carbocycles. The summed E-state index contributed by atoms with van der Waals surface area (Å²) in [5, 5.41) is 28.9. The first kappa shape index (κ1) is 22.7. The highest BCUT2D eigenvalue weighted by Gasteiger charge is 2.28. The lowest BCUT2D eigenvalue weighted by molar-refractivity contribution is 0.0682. The van der Waals surface area contributed by atoms with Gasteiger partial charge in [-0.2, -0.15) is 0 Å². The predicted molar refractivity (Wildman–Crippen MR) is 120 cm³/mol. The van der Waals surface area contributed by atoms with E-state index in [0.717, 1.165) is 0 Å². The number of carboxylic acids is 3. The highest BCUT2D eigenvalue weighted by molar-refractivity contribution is 5.91. The molecule has 164 valence electrons. The van der Waals surface area contributed by atoms with E-state index in [-0.39, 0.29) is 28.5 Å². The minimum Gasteiger partial charge on any atom is -0.478 e. The standard InChI is InChI=1S/C26H24O6/c1-16(18-9-4-6-12-22(18)25(29)30)19(21-11-5-7-13-23(21)26(31)32)15-14-17-8-2-3-10-20(17)24(27)28/h2-13,16,19H,14-15H2,1H3,(H,27,28)(H,29,30)(H,31,32). The maximum atomic E-state index is 11.9. The number of hydrogen-bond acceptors (Lipinski definition) is 3. The van der Waals surface area contributed by atoms with Gasteiger partial charge in [0.2, 0.25) is 0 Å². The van der Waals surface area contributed by atoms with Gasteiger partial charge in [-0.15, -0.1) is 0 Å². The second kappa shape index (κ2) is 9.92. The molecule has 3 aromatic carbocycles. The van der Waals surface area contributed by atoms with E-state index in [1.165, 1.54) is 12.1 Å². The van der Waals surface area contributed by atoms with Gasteiger partial charge in [0, 0.05) is 0 Å². The van der Waals surface area contributed by atoms with E-state index in [9.17, 15) is 29.7 Å². The number of carboxylic acid groups (broad SMARTS) is 3. The van der Waals surface area contributed by atoms with Crippen LogP contribution in [0.15, 0.2) is 72.8 Å². The van der Waals surface area contributed by atoms with Gasteiger partial charge in [0.1, 0.15) is 0 Å². The van der Waals surface area contributed by atoms with Gasteiger partial charge in [0.25, 0.3) is 0 Å². The second-order valence-corrected chi connectivity index (χ2v) is 7.68. The summed E-state index contributed by atoms with van der Waals surface area (Å²) in [5.41, 5.74) is 2.39. The number of benzene rings is 3. The quantitative estimate of drug-likeness (QED) is 0.423. The zero-order valence-electron chi connectivity index (χ0n) is 17.6. The van der Waals surface area contributed by atoms with Gasteiger partial charge in [0.15, 0.2) is 0 Å². The lowest BCUT2D eigenvalue weighted by Gasteiger charge is -2.27. The average Bonchev–Trinajstić information content (AvgIpc) is 2.79. The molecular weight excluding hydrogens is 408 g/mol. The summed E-state index contributed by atoms with van der Waals surface area (Å²) in [6, 6.07) is 20.1. The Morgan fingerprint density at radius 1 is 0.656 bits per heavy atom. The zero-order valence-corrected chi connectivity index (χ0v) is 17.6. The van der Waals surface area contributed by atoms with Gasteiger partial charge in [-0.1, -0.05) is 61.5 Å². The number of hydrogen-bond donors (Lipinski definition) is 3. The number of carbonyl (C=O) groups is 3. The lowest BCUT2D eigenvalue weighted by Crippen LogP contribution is -2.17. The van der Waals surface area contributed by atoms with Crippen molar-refractivity contribution in [2.75, 3.05) is 0 Å². The Balaban J connectivity index is 2.07. The van der Waals surface area contributed by atoms with Crippen LogP contribution in [-0.2, 0) is 6.42 Å². The lowest BCUT2D eigenvalue weighted by atomic mass is 9.76. The van der Waals surface area contributed by atoms with Crippen molar-refractivity contribution < 1.29 is 29.7 Å². The molecule has 0 spiro atoms. The van der Waals surface area contributed by atoms with Crippen molar-refractivity contribution in [1.29, 1.82) is 0 Å². The number of rotatable bonds is 9. The van der Waals surface area contributed by atoms with E-state index in [1.807, 2.05) is 6.92 Å². The van der Waals surface area contributed by atoms with Crippen LogP contribution < -0.4 is 0 Å². The van der Waals surface area contributed by atoms with Crippen molar-refractivity contribution in [1.82, 2.24) is 0 Å². The number of aryl methyl sites for hydroxylation is 1. The minimum atomic E-state index is -1.06. The van der Waals surface area contributed by atoms with Crippen molar-refractivity contribution in [3.8, 4) is 0 Å². The van der Waals surface area contributed by atoms with Gasteiger partial charge < -0.3 is 15.3 Å². The van der Waals surface area contributed by atoms with Crippen molar-refractivity contribution in [3.63, 3.8) is 0 Å². The highest BCUT2D eigenvalue weighted by atomic mass is 16.4. The van der Waals surface area contributed by atoms with Crippen LogP contribution in [0.3, 0.4) is 0 Å². The Kier molecular flexibility index (Phi) is 7.05. The SMILES string of the molecule is CC(c1ccccc1C(=O)O)C(CCc1ccccc1C(=O)O)c1ccccc1C(=O)O. The maximum absolute atomic E-state index is 11.9. The molecule has 3 aromatic rings. The van der Waals surface area contributed by atoms with E-state index < -0.39 is 17.9 Å². The fraction of sp³-hybridized carbons (Fsp3) is 0.192. The Hall–Kier alpha value is -3.93. The van der Waals surface area contributed by atoms with Crippen molar-refractivity contribution in [2.24, 2.45) is 0 Å². The molecule has 3 rings (SSSR count). The largest absolute Gasteiger partial charge is 0.478 e. The first-order valence-electron chi connectivity index (χ1n) is 10.3. The van der Waals surface area contributed by atoms with Crippen LogP contribution in [0.2, 0.25) is 0 Å². The molecule has 0 fully saturated rings. The molecule has 2 atom stereocenters. The first-order chi connectivity index (χ1) is 15.3. The molecule has 0 aliphatic carbocycles. The maximum Gasteiger partial charge on any atom is 0.335 e. The van der Waals surface area contributed by atoms with Gasteiger partial charge in [0.05, 0.1) is 16.7 Å². The average molecular weight is 432 g/mol. The van der Waals surface area contributed by atoms with E-state index >= 15 is 0 Å². The summed E-state index contributed by atoms with van der Waals surface area (Å²) >= 11 is 0. The summed E-state index contributed by atoms with van der Waals surface area (Å²) in [6.45, 7) is 1.88. The normalized spacial score (nSPS) is 12.7. The number of aromatic carboxylic acids is 3. The van der Waals surface area contributed by atoms with Crippen LogP contribution in [0.5, 0.6) is 0 Å². The summed E-state index contributed by atoms with van der Waals surface area (Å²) in [4.78, 5) is 35.3. The van der Waals surface area contributed by atoms with Crippen molar-refractivity contribution in [2.45, 2.75) is 31.6 Å². The summed E-state index contributed by atoms with van der Waals surface area (Å²) in [7, 11) is 0. The molecule has 2 unspecified atom stereocenters. The Bertz CT molecular complexity index is 1150. The van der Waals surface area contributed by atoms with Crippen molar-refractivity contribution >= 4 is 17.9 Å². The minimum absolute atomic E-state index is 0.156. The fourth-order valence-electron chi connectivity index (χ4n) is 4.25. The molecule has 6 nitrogen and oxygen atoms in total. The molecular formula is C26H24O6. The predicted octanol–water partition coefficient (Wildman–Crippen LogP) is 5.30. The fourth-order valence-corrected chi connectivity index (χ4v) is 4.25. The monoisotopic (exact) mass is 432 g/mol. The van der Waals surface area contributed by atoms with Crippen LogP contribution in [0, 0.1) is 0 Å². The summed E-state index contributed by atoms with van der Waals surface area (Å²) in [6.07, 6.45) is 0.852. The molecule has 6 heteroatoms. The molecule has 32 heavy (non-hydrogen) atoms. The molecule has 0 saturated heterocycles. The van der Waals surface area contributed by atoms with Gasteiger partial charge in [-0.3, -0.25) is 0 Å². The van der Waals surface area contributed by atoms with E-state index in [1.54, 1.807) is 60.7 Å². The molecule has 3 N–H and O–H groups in total. The Morgan fingerprint density at radius 2 is 1.09 bits per heavy atom. The van der Waals surface area contributed by atoms with Gasteiger partial charge >= 0.3 is 17.9 Å². The molecule has 0 aromatic heterocycles. The van der Waals surface area contributed by atoms with Crippen LogP contribution >= 0.6 is 0 Å². The third kappa shape index (κ3) is 4.86. The third-order valence-electron chi connectivity index (χ3n) is 5.85. The summed E-state index contributed by atoms with van der Waals surface area (Å²) < 4.78 is 0. The molecule has 0 aliphatic rings. The smallest absolute Gasteiger partial charge is 0.335 e. The van der Waals surface area contributed by atoms with E-state index in [2.05, 4.69) is 0 Å². The zero-order chi connectivity index (χ0) is 23.3. The van der Waals surface area contributed by atoms with Crippen LogP contribution in [0.1, 0.15) is 72.9 Å². The van der Waals surface area contributed by atoms with Crippen LogP contribution in [0.25, 0.3) is 0 Å². The highest BCUT2D eigenvalue weighted by Crippen LogP contribution is 2.39. The molecule has 0 heterocycles. The summed E-state index contributed by atoms with van der Waals surface area (Å²) in [5.74, 6) is -3.79. The molecule has 0 radical (unpaired) electrons. The molecule has 0 aliphatic heterocycles. The van der Waals surface area contributed by atoms with Crippen LogP contribution in [-0.4, -0.2) is 33.2 Å². The Labute approximate surface area is 185 Å². The molecule has 0 amide bonds. The van der Waals surface area contributed by atoms with Crippen molar-refractivity contribution in [3.05, 3.63) is 106 Å².